The Morgan fingerprint density at radius 1 is 1.18 bits per heavy atom. The fourth-order valence-electron chi connectivity index (χ4n) is 2.47. The van der Waals surface area contributed by atoms with E-state index in [1.54, 1.807) is 48.5 Å². The predicted octanol–water partition coefficient (Wildman–Crippen LogP) is 4.09. The van der Waals surface area contributed by atoms with Crippen LogP contribution in [0.5, 0.6) is 11.5 Å². The average Bonchev–Trinajstić information content (AvgIpc) is 3.45. The van der Waals surface area contributed by atoms with Crippen LogP contribution in [0.1, 0.15) is 42.6 Å². The fourth-order valence-corrected chi connectivity index (χ4v) is 2.47. The molecule has 0 bridgehead atoms. The third kappa shape index (κ3) is 5.56. The molecule has 1 heterocycles. The molecule has 0 aliphatic carbocycles. The first-order valence-electron chi connectivity index (χ1n) is 9.26. The molecule has 1 aliphatic rings. The van der Waals surface area contributed by atoms with E-state index in [9.17, 15) is 4.79 Å². The maximum absolute atomic E-state index is 12.3. The number of nitrogens with zero attached hydrogens (tertiary/aromatic N) is 1. The highest BCUT2D eigenvalue weighted by Crippen LogP contribution is 2.27. The summed E-state index contributed by atoms with van der Waals surface area (Å²) >= 11 is 0. The van der Waals surface area contributed by atoms with Gasteiger partial charge in [0.25, 0.3) is 0 Å². The summed E-state index contributed by atoms with van der Waals surface area (Å²) in [5.41, 5.74) is 0.727. The Morgan fingerprint density at radius 2 is 1.82 bits per heavy atom. The molecule has 146 valence electrons. The van der Waals surface area contributed by atoms with Crippen molar-refractivity contribution in [2.45, 2.75) is 38.6 Å². The summed E-state index contributed by atoms with van der Waals surface area (Å²) in [5, 5.41) is 8.80. The molecule has 2 aromatic rings. The van der Waals surface area contributed by atoms with Gasteiger partial charge in [0.1, 0.15) is 17.1 Å². The zero-order valence-corrected chi connectivity index (χ0v) is 16.0. The topological polar surface area (TPSA) is 81.1 Å². The van der Waals surface area contributed by atoms with Crippen molar-refractivity contribution in [1.82, 2.24) is 0 Å². The Labute approximate surface area is 164 Å². The molecular weight excluding hydrogens is 358 g/mol. The number of epoxide rings is 1. The van der Waals surface area contributed by atoms with Gasteiger partial charge in [-0.2, -0.15) is 5.26 Å². The molecule has 2 unspecified atom stereocenters. The molecule has 0 amide bonds. The number of carbonyl (C=O) groups excluding carboxylic acids is 1. The highest BCUT2D eigenvalue weighted by atomic mass is 16.7. The number of hydrogen-bond donors (Lipinski definition) is 0. The van der Waals surface area contributed by atoms with Gasteiger partial charge in [-0.1, -0.05) is 13.3 Å². The number of benzene rings is 2. The first-order chi connectivity index (χ1) is 13.5. The van der Waals surface area contributed by atoms with E-state index < -0.39 is 5.97 Å². The molecule has 3 rings (SSSR count). The van der Waals surface area contributed by atoms with Gasteiger partial charge >= 0.3 is 5.97 Å². The lowest BCUT2D eigenvalue weighted by atomic mass is 10.2. The molecule has 0 spiro atoms. The van der Waals surface area contributed by atoms with Crippen LogP contribution < -0.4 is 9.47 Å². The van der Waals surface area contributed by atoms with Crippen LogP contribution in [0.25, 0.3) is 0 Å². The minimum Gasteiger partial charge on any atom is -0.465 e. The van der Waals surface area contributed by atoms with Gasteiger partial charge < -0.3 is 18.9 Å². The molecule has 1 aliphatic heterocycles. The van der Waals surface area contributed by atoms with Crippen LogP contribution in [0.4, 0.5) is 0 Å². The predicted molar refractivity (Wildman–Crippen MR) is 102 cm³/mol. The molecular formula is C22H23NO5. The molecule has 0 saturated carbocycles. The van der Waals surface area contributed by atoms with Crippen molar-refractivity contribution in [3.05, 3.63) is 59.7 Å². The van der Waals surface area contributed by atoms with Gasteiger partial charge in [-0.05, 0) is 55.5 Å². The van der Waals surface area contributed by atoms with Crippen LogP contribution in [-0.2, 0) is 9.47 Å². The van der Waals surface area contributed by atoms with E-state index in [-0.39, 0.29) is 11.9 Å². The Bertz CT molecular complexity index is 835. The monoisotopic (exact) mass is 381 g/mol. The van der Waals surface area contributed by atoms with Crippen molar-refractivity contribution in [2.75, 3.05) is 13.2 Å². The number of nitriles is 1. The van der Waals surface area contributed by atoms with Crippen molar-refractivity contribution in [3.8, 4) is 17.6 Å². The van der Waals surface area contributed by atoms with Gasteiger partial charge in [0.15, 0.2) is 6.29 Å². The molecule has 6 nitrogen and oxygen atoms in total. The second-order valence-electron chi connectivity index (χ2n) is 6.94. The largest absolute Gasteiger partial charge is 0.465 e. The Hall–Kier alpha value is -2.88. The second-order valence-corrected chi connectivity index (χ2v) is 6.94. The van der Waals surface area contributed by atoms with Crippen LogP contribution in [-0.4, -0.2) is 31.1 Å². The van der Waals surface area contributed by atoms with Crippen LogP contribution in [0.2, 0.25) is 0 Å². The molecule has 0 radical (unpaired) electrons. The van der Waals surface area contributed by atoms with Gasteiger partial charge in [0, 0.05) is 6.42 Å². The highest BCUT2D eigenvalue weighted by molar-refractivity contribution is 5.91. The van der Waals surface area contributed by atoms with Gasteiger partial charge in [0.05, 0.1) is 30.4 Å². The Kier molecular flexibility index (Phi) is 6.30. The molecule has 1 fully saturated rings. The van der Waals surface area contributed by atoms with E-state index >= 15 is 0 Å². The maximum Gasteiger partial charge on any atom is 0.343 e. The zero-order chi connectivity index (χ0) is 20.0. The van der Waals surface area contributed by atoms with Gasteiger partial charge in [-0.25, -0.2) is 4.79 Å². The number of hydrogen-bond acceptors (Lipinski definition) is 6. The van der Waals surface area contributed by atoms with E-state index in [4.69, 9.17) is 24.2 Å². The summed E-state index contributed by atoms with van der Waals surface area (Å²) < 4.78 is 22.4. The van der Waals surface area contributed by atoms with Gasteiger partial charge in [0.2, 0.25) is 0 Å². The zero-order valence-electron chi connectivity index (χ0n) is 16.0. The maximum atomic E-state index is 12.3. The smallest absolute Gasteiger partial charge is 0.343 e. The summed E-state index contributed by atoms with van der Waals surface area (Å²) in [4.78, 5) is 12.3. The standard InChI is InChI=1S/C22H23NO5/c1-3-4-20(25-14-22(2)15-26-22)27-18-11-7-17(8-12-18)21(24)28-19-9-5-16(13-23)6-10-19/h5-12,20H,3-4,14-15H2,1-2H3. The summed E-state index contributed by atoms with van der Waals surface area (Å²) in [6.07, 6.45) is 1.33. The van der Waals surface area contributed by atoms with Crippen molar-refractivity contribution in [1.29, 1.82) is 5.26 Å². The lowest BCUT2D eigenvalue weighted by Gasteiger charge is -2.20. The fraction of sp³-hybridized carbons (Fsp3) is 0.364. The summed E-state index contributed by atoms with van der Waals surface area (Å²) in [6, 6.07) is 15.1. The third-order valence-corrected chi connectivity index (χ3v) is 4.29. The van der Waals surface area contributed by atoms with Crippen LogP contribution in [0.3, 0.4) is 0 Å². The average molecular weight is 381 g/mol. The quantitative estimate of drug-likeness (QED) is 0.282. The lowest BCUT2D eigenvalue weighted by molar-refractivity contribution is -0.0977. The normalized spacial score (nSPS) is 18.8. The Balaban J connectivity index is 1.56. The minimum absolute atomic E-state index is 0.186. The molecule has 0 N–H and O–H groups in total. The van der Waals surface area contributed by atoms with E-state index in [1.807, 2.05) is 13.0 Å². The molecule has 1 saturated heterocycles. The highest BCUT2D eigenvalue weighted by Gasteiger charge is 2.40. The second kappa shape index (κ2) is 8.87. The lowest BCUT2D eigenvalue weighted by Crippen LogP contribution is -2.26. The van der Waals surface area contributed by atoms with Crippen molar-refractivity contribution in [3.63, 3.8) is 0 Å². The van der Waals surface area contributed by atoms with Crippen LogP contribution in [0, 0.1) is 11.3 Å². The minimum atomic E-state index is -0.476. The van der Waals surface area contributed by atoms with Gasteiger partial charge in [-0.15, -0.1) is 0 Å². The SMILES string of the molecule is CCCC(OCC1(C)CO1)Oc1ccc(C(=O)Oc2ccc(C#N)cc2)cc1. The number of carbonyl (C=O) groups is 1. The van der Waals surface area contributed by atoms with Crippen LogP contribution in [0.15, 0.2) is 48.5 Å². The van der Waals surface area contributed by atoms with Crippen molar-refractivity contribution < 1.29 is 23.7 Å². The van der Waals surface area contributed by atoms with E-state index in [1.165, 1.54) is 0 Å². The number of rotatable bonds is 9. The molecule has 28 heavy (non-hydrogen) atoms. The first-order valence-corrected chi connectivity index (χ1v) is 9.26. The number of esters is 1. The summed E-state index contributed by atoms with van der Waals surface area (Å²) in [6.45, 7) is 5.27. The molecule has 2 atom stereocenters. The number of ether oxygens (including phenoxy) is 4. The summed E-state index contributed by atoms with van der Waals surface area (Å²) in [7, 11) is 0. The molecule has 6 heteroatoms. The Morgan fingerprint density at radius 3 is 2.39 bits per heavy atom. The molecule has 2 aromatic carbocycles. The van der Waals surface area contributed by atoms with Gasteiger partial charge in [-0.3, -0.25) is 0 Å². The third-order valence-electron chi connectivity index (χ3n) is 4.29. The first kappa shape index (κ1) is 19.9. The van der Waals surface area contributed by atoms with Crippen molar-refractivity contribution >= 4 is 5.97 Å². The van der Waals surface area contributed by atoms with E-state index in [0.717, 1.165) is 12.8 Å². The summed E-state index contributed by atoms with van der Waals surface area (Å²) in [5.74, 6) is 0.531. The van der Waals surface area contributed by atoms with Crippen molar-refractivity contribution in [2.24, 2.45) is 0 Å². The van der Waals surface area contributed by atoms with E-state index in [0.29, 0.717) is 35.8 Å². The van der Waals surface area contributed by atoms with E-state index in [2.05, 4.69) is 6.92 Å². The molecule has 0 aromatic heterocycles. The van der Waals surface area contributed by atoms with Crippen LogP contribution >= 0.6 is 0 Å².